The summed E-state index contributed by atoms with van der Waals surface area (Å²) in [5.41, 5.74) is 9.94. The second kappa shape index (κ2) is 8.47. The Morgan fingerprint density at radius 1 is 0.952 bits per heavy atom. The molecule has 118 valence electrons. The van der Waals surface area contributed by atoms with Crippen molar-refractivity contribution in [3.63, 3.8) is 0 Å². The van der Waals surface area contributed by atoms with E-state index < -0.39 is 61.1 Å². The number of aliphatic carboxylic acids is 2. The highest BCUT2D eigenvalue weighted by Crippen LogP contribution is 1.98. The summed E-state index contributed by atoms with van der Waals surface area (Å²) in [5, 5.41) is 21.3. The van der Waals surface area contributed by atoms with E-state index in [-0.39, 0.29) is 0 Å². The van der Waals surface area contributed by atoms with Crippen LogP contribution >= 0.6 is 0 Å². The number of primary amides is 1. The lowest BCUT2D eigenvalue weighted by molar-refractivity contribution is -0.147. The van der Waals surface area contributed by atoms with Crippen LogP contribution in [0.2, 0.25) is 0 Å². The molecule has 0 aromatic carbocycles. The molecule has 2 unspecified atom stereocenters. The number of carbonyl (C=O) groups excluding carboxylic acids is 3. The molecule has 2 atom stereocenters. The maximum atomic E-state index is 11.8. The van der Waals surface area contributed by atoms with E-state index in [2.05, 4.69) is 5.32 Å². The molecule has 11 nitrogen and oxygen atoms in total. The molecule has 0 bridgehead atoms. The topological polar surface area (TPSA) is 202 Å². The van der Waals surface area contributed by atoms with Crippen LogP contribution < -0.4 is 22.1 Å². The van der Waals surface area contributed by atoms with Crippen molar-refractivity contribution in [3.05, 3.63) is 0 Å². The number of carboxylic acids is 2. The first-order chi connectivity index (χ1) is 9.67. The Morgan fingerprint density at radius 2 is 1.52 bits per heavy atom. The number of carboxylic acid groups (broad SMARTS) is 2. The first-order valence-corrected chi connectivity index (χ1v) is 5.70. The highest BCUT2D eigenvalue weighted by atomic mass is 16.4. The number of hydrogen-bond acceptors (Lipinski definition) is 6. The molecular weight excluding hydrogens is 288 g/mol. The molecule has 0 aliphatic heterocycles. The van der Waals surface area contributed by atoms with Gasteiger partial charge >= 0.3 is 11.9 Å². The lowest BCUT2D eigenvalue weighted by atomic mass is 10.1. The van der Waals surface area contributed by atoms with Crippen LogP contribution in [0, 0.1) is 0 Å². The zero-order valence-electron chi connectivity index (χ0n) is 10.9. The van der Waals surface area contributed by atoms with Crippen molar-refractivity contribution in [3.8, 4) is 0 Å². The van der Waals surface area contributed by atoms with Crippen molar-refractivity contribution in [2.75, 3.05) is 6.54 Å². The molecule has 8 N–H and O–H groups in total. The highest BCUT2D eigenvalue weighted by Gasteiger charge is 2.28. The zero-order valence-corrected chi connectivity index (χ0v) is 10.9. The van der Waals surface area contributed by atoms with Gasteiger partial charge in [0.05, 0.1) is 19.4 Å². The second-order valence-corrected chi connectivity index (χ2v) is 3.99. The standard InChI is InChI=1S/C10H16N4O7/c11-3-7(16)13-4(1-6(12)15)9(19)14-5(10(20)21)2-8(17)18/h4-5H,1-3,11H2,(H2,12,15)(H,13,16)(H,14,19)(H,17,18)(H,20,21). The lowest BCUT2D eigenvalue weighted by Crippen LogP contribution is -2.54. The Kier molecular flexibility index (Phi) is 7.39. The number of hydrogen-bond donors (Lipinski definition) is 6. The fourth-order valence-corrected chi connectivity index (χ4v) is 1.31. The Bertz CT molecular complexity index is 451. The first-order valence-electron chi connectivity index (χ1n) is 5.70. The van der Waals surface area contributed by atoms with Gasteiger partial charge < -0.3 is 32.3 Å². The molecule has 0 aliphatic rings. The molecule has 0 aromatic rings. The van der Waals surface area contributed by atoms with Gasteiger partial charge in [0.25, 0.3) is 0 Å². The van der Waals surface area contributed by atoms with Gasteiger partial charge in [-0.1, -0.05) is 0 Å². The van der Waals surface area contributed by atoms with E-state index in [9.17, 15) is 24.0 Å². The van der Waals surface area contributed by atoms with Crippen molar-refractivity contribution in [2.45, 2.75) is 24.9 Å². The van der Waals surface area contributed by atoms with Crippen LogP contribution in [-0.4, -0.2) is 58.5 Å². The fourth-order valence-electron chi connectivity index (χ4n) is 1.31. The molecule has 0 aliphatic carbocycles. The Hall–Kier alpha value is -2.69. The third-order valence-electron chi connectivity index (χ3n) is 2.24. The smallest absolute Gasteiger partial charge is 0.326 e. The normalized spacial score (nSPS) is 12.8. The minimum atomic E-state index is -1.71. The van der Waals surface area contributed by atoms with Crippen LogP contribution in [-0.2, 0) is 24.0 Å². The molecule has 0 radical (unpaired) electrons. The predicted molar refractivity (Wildman–Crippen MR) is 66.6 cm³/mol. The minimum absolute atomic E-state index is 0.458. The molecule has 0 fully saturated rings. The van der Waals surface area contributed by atoms with Gasteiger partial charge in [-0.2, -0.15) is 0 Å². The largest absolute Gasteiger partial charge is 0.481 e. The predicted octanol–water partition coefficient (Wildman–Crippen LogP) is -3.65. The summed E-state index contributed by atoms with van der Waals surface area (Å²) >= 11 is 0. The average Bonchev–Trinajstić information content (AvgIpc) is 2.35. The van der Waals surface area contributed by atoms with Gasteiger partial charge in [0.2, 0.25) is 17.7 Å². The van der Waals surface area contributed by atoms with Crippen LogP contribution in [0.5, 0.6) is 0 Å². The summed E-state index contributed by atoms with van der Waals surface area (Å²) in [6.07, 6.45) is -1.45. The van der Waals surface area contributed by atoms with E-state index in [1.54, 1.807) is 0 Å². The third kappa shape index (κ3) is 7.47. The van der Waals surface area contributed by atoms with Crippen molar-refractivity contribution in [1.29, 1.82) is 0 Å². The van der Waals surface area contributed by atoms with Gasteiger partial charge in [-0.25, -0.2) is 4.79 Å². The number of rotatable bonds is 9. The quantitative estimate of drug-likeness (QED) is 0.250. The van der Waals surface area contributed by atoms with Gasteiger partial charge in [-0.3, -0.25) is 19.2 Å². The van der Waals surface area contributed by atoms with E-state index in [1.165, 1.54) is 0 Å². The van der Waals surface area contributed by atoms with E-state index >= 15 is 0 Å². The molecule has 0 heterocycles. The number of nitrogens with one attached hydrogen (secondary N) is 2. The number of carbonyl (C=O) groups is 5. The molecule has 0 saturated carbocycles. The Balaban J connectivity index is 4.91. The van der Waals surface area contributed by atoms with Crippen molar-refractivity contribution in [1.82, 2.24) is 10.6 Å². The van der Waals surface area contributed by atoms with Gasteiger partial charge in [0, 0.05) is 0 Å². The van der Waals surface area contributed by atoms with E-state index in [0.29, 0.717) is 0 Å². The Morgan fingerprint density at radius 3 is 1.90 bits per heavy atom. The summed E-state index contributed by atoms with van der Waals surface area (Å²) in [7, 11) is 0. The maximum Gasteiger partial charge on any atom is 0.326 e. The first kappa shape index (κ1) is 18.3. The van der Waals surface area contributed by atoms with Crippen molar-refractivity contribution < 1.29 is 34.2 Å². The summed E-state index contributed by atoms with van der Waals surface area (Å²) < 4.78 is 0. The van der Waals surface area contributed by atoms with Gasteiger partial charge in [0.15, 0.2) is 0 Å². The number of amides is 3. The molecule has 21 heavy (non-hydrogen) atoms. The monoisotopic (exact) mass is 304 g/mol. The minimum Gasteiger partial charge on any atom is -0.481 e. The van der Waals surface area contributed by atoms with E-state index in [1.807, 2.05) is 5.32 Å². The molecule has 0 aromatic heterocycles. The Labute approximate surface area is 118 Å². The summed E-state index contributed by atoms with van der Waals surface area (Å²) in [6.45, 7) is -0.458. The van der Waals surface area contributed by atoms with Crippen LogP contribution in [0.25, 0.3) is 0 Å². The maximum absolute atomic E-state index is 11.8. The highest BCUT2D eigenvalue weighted by molar-refractivity contribution is 5.94. The SMILES string of the molecule is NCC(=O)NC(CC(N)=O)C(=O)NC(CC(=O)O)C(=O)O. The van der Waals surface area contributed by atoms with Crippen LogP contribution in [0.4, 0.5) is 0 Å². The van der Waals surface area contributed by atoms with E-state index in [0.717, 1.165) is 0 Å². The lowest BCUT2D eigenvalue weighted by Gasteiger charge is -2.19. The van der Waals surface area contributed by atoms with Crippen LogP contribution in [0.1, 0.15) is 12.8 Å². The van der Waals surface area contributed by atoms with Crippen molar-refractivity contribution in [2.24, 2.45) is 11.5 Å². The van der Waals surface area contributed by atoms with E-state index in [4.69, 9.17) is 21.7 Å². The molecule has 0 saturated heterocycles. The summed E-state index contributed by atoms with van der Waals surface area (Å²) in [6, 6.07) is -3.14. The summed E-state index contributed by atoms with van der Waals surface area (Å²) in [4.78, 5) is 55.1. The van der Waals surface area contributed by atoms with Crippen LogP contribution in [0.15, 0.2) is 0 Å². The summed E-state index contributed by atoms with van der Waals surface area (Å²) in [5.74, 6) is -5.75. The second-order valence-electron chi connectivity index (χ2n) is 3.99. The molecular formula is C10H16N4O7. The molecule has 11 heteroatoms. The van der Waals surface area contributed by atoms with Gasteiger partial charge in [0.1, 0.15) is 12.1 Å². The molecule has 3 amide bonds. The van der Waals surface area contributed by atoms with Crippen molar-refractivity contribution >= 4 is 29.7 Å². The molecule has 0 rings (SSSR count). The average molecular weight is 304 g/mol. The zero-order chi connectivity index (χ0) is 16.6. The third-order valence-corrected chi connectivity index (χ3v) is 2.24. The molecule has 0 spiro atoms. The van der Waals surface area contributed by atoms with Gasteiger partial charge in [-0.05, 0) is 0 Å². The number of nitrogens with two attached hydrogens (primary N) is 2. The fraction of sp³-hybridized carbons (Fsp3) is 0.500. The van der Waals surface area contributed by atoms with Gasteiger partial charge in [-0.15, -0.1) is 0 Å². The van der Waals surface area contributed by atoms with Crippen LogP contribution in [0.3, 0.4) is 0 Å².